The number of hydrogen-bond acceptors (Lipinski definition) is 3. The van der Waals surface area contributed by atoms with Gasteiger partial charge in [-0.25, -0.2) is 9.78 Å². The summed E-state index contributed by atoms with van der Waals surface area (Å²) in [7, 11) is 0. The highest BCUT2D eigenvalue weighted by Gasteiger charge is 2.23. The van der Waals surface area contributed by atoms with Crippen LogP contribution in [0.1, 0.15) is 6.42 Å². The third-order valence-electron chi connectivity index (χ3n) is 0.901. The second-order valence-electron chi connectivity index (χ2n) is 1.50. The molecule has 1 unspecified atom stereocenters. The van der Waals surface area contributed by atoms with Crippen LogP contribution in [0.2, 0.25) is 0 Å². The molecule has 4 heteroatoms. The van der Waals surface area contributed by atoms with Gasteiger partial charge in [0.25, 0.3) is 5.24 Å². The highest BCUT2D eigenvalue weighted by atomic mass is 35.5. The van der Waals surface area contributed by atoms with Crippen LogP contribution in [-0.4, -0.2) is 18.0 Å². The van der Waals surface area contributed by atoms with Crippen molar-refractivity contribution in [3.8, 4) is 0 Å². The molecule has 1 fully saturated rings. The van der Waals surface area contributed by atoms with Gasteiger partial charge in [-0.1, -0.05) is 0 Å². The number of carbonyl (C=O) groups is 1. The maximum atomic E-state index is 10.2. The van der Waals surface area contributed by atoms with E-state index in [1.807, 2.05) is 0 Å². The van der Waals surface area contributed by atoms with Crippen molar-refractivity contribution in [2.75, 3.05) is 6.61 Å². The highest BCUT2D eigenvalue weighted by molar-refractivity contribution is 6.64. The van der Waals surface area contributed by atoms with Gasteiger partial charge in [-0.05, 0) is 11.6 Å². The van der Waals surface area contributed by atoms with E-state index < -0.39 is 11.3 Å². The fourth-order valence-corrected chi connectivity index (χ4v) is 0.630. The van der Waals surface area contributed by atoms with Gasteiger partial charge in [-0.3, -0.25) is 4.79 Å². The summed E-state index contributed by atoms with van der Waals surface area (Å²) in [6.45, 7) is 0.461. The summed E-state index contributed by atoms with van der Waals surface area (Å²) in [6.07, 6.45) is 0.0409. The molecule has 46 valence electrons. The van der Waals surface area contributed by atoms with Crippen molar-refractivity contribution in [1.82, 2.24) is 0 Å². The summed E-state index contributed by atoms with van der Waals surface area (Å²) in [5.74, 6) is 0. The molecule has 1 heterocycles. The number of carbonyl (C=O) groups excluding carboxylic acids is 1. The Kier molecular flexibility index (Phi) is 1.83. The van der Waals surface area contributed by atoms with Gasteiger partial charge in [0.15, 0.2) is 6.10 Å². The Morgan fingerprint density at radius 2 is 2.50 bits per heavy atom. The van der Waals surface area contributed by atoms with Gasteiger partial charge in [0.05, 0.1) is 6.61 Å². The molecule has 0 aromatic rings. The van der Waals surface area contributed by atoms with Crippen LogP contribution >= 0.6 is 11.6 Å². The zero-order valence-corrected chi connectivity index (χ0v) is 4.85. The highest BCUT2D eigenvalue weighted by Crippen LogP contribution is 2.10. The van der Waals surface area contributed by atoms with Gasteiger partial charge >= 0.3 is 0 Å². The topological polar surface area (TPSA) is 35.5 Å². The Bertz CT molecular complexity index is 97.5. The van der Waals surface area contributed by atoms with Gasteiger partial charge in [0.1, 0.15) is 0 Å². The Morgan fingerprint density at radius 1 is 1.75 bits per heavy atom. The summed E-state index contributed by atoms with van der Waals surface area (Å²) in [6, 6.07) is 0. The molecule has 0 aliphatic carbocycles. The van der Waals surface area contributed by atoms with Gasteiger partial charge < -0.3 is 0 Å². The van der Waals surface area contributed by atoms with Crippen LogP contribution in [0.15, 0.2) is 0 Å². The Hall–Kier alpha value is -0.120. The summed E-state index contributed by atoms with van der Waals surface area (Å²) in [5.41, 5.74) is 0. The first-order chi connectivity index (χ1) is 3.80. The zero-order chi connectivity index (χ0) is 5.98. The molecule has 3 nitrogen and oxygen atoms in total. The van der Waals surface area contributed by atoms with Crippen LogP contribution in [-0.2, 0) is 14.6 Å². The summed E-state index contributed by atoms with van der Waals surface area (Å²) in [5, 5.41) is -0.484. The van der Waals surface area contributed by atoms with Crippen molar-refractivity contribution in [3.63, 3.8) is 0 Å². The smallest absolute Gasteiger partial charge is 0.253 e. The largest absolute Gasteiger partial charge is 0.278 e. The quantitative estimate of drug-likeness (QED) is 0.388. The molecule has 0 N–H and O–H groups in total. The van der Waals surface area contributed by atoms with E-state index in [0.29, 0.717) is 13.0 Å². The van der Waals surface area contributed by atoms with Crippen LogP contribution < -0.4 is 0 Å². The van der Waals surface area contributed by atoms with E-state index in [-0.39, 0.29) is 0 Å². The van der Waals surface area contributed by atoms with Crippen LogP contribution in [0.4, 0.5) is 0 Å². The van der Waals surface area contributed by atoms with E-state index in [4.69, 9.17) is 11.6 Å². The molecule has 0 radical (unpaired) electrons. The average molecular weight is 137 g/mol. The predicted octanol–water partition coefficient (Wildman–Crippen LogP) is 0.472. The molecule has 1 aliphatic heterocycles. The predicted molar refractivity (Wildman–Crippen MR) is 26.3 cm³/mol. The summed E-state index contributed by atoms with van der Waals surface area (Å²) < 4.78 is 0. The first kappa shape index (κ1) is 6.01. The normalized spacial score (nSPS) is 28.4. The van der Waals surface area contributed by atoms with Crippen molar-refractivity contribution in [3.05, 3.63) is 0 Å². The van der Waals surface area contributed by atoms with Crippen LogP contribution in [0.3, 0.4) is 0 Å². The lowest BCUT2D eigenvalue weighted by molar-refractivity contribution is -0.267. The molecular formula is C4H5ClO3. The molecule has 0 spiro atoms. The number of halogens is 1. The monoisotopic (exact) mass is 136 g/mol. The lowest BCUT2D eigenvalue weighted by atomic mass is 10.3. The van der Waals surface area contributed by atoms with Crippen LogP contribution in [0.25, 0.3) is 0 Å². The fourth-order valence-electron chi connectivity index (χ4n) is 0.485. The Balaban J connectivity index is 2.35. The molecule has 1 atom stereocenters. The molecular weight excluding hydrogens is 131 g/mol. The lowest BCUT2D eigenvalue weighted by Crippen LogP contribution is -2.12. The van der Waals surface area contributed by atoms with Gasteiger partial charge in [-0.15, -0.1) is 0 Å². The van der Waals surface area contributed by atoms with Crippen LogP contribution in [0, 0.1) is 0 Å². The third-order valence-corrected chi connectivity index (χ3v) is 1.14. The minimum absolute atomic E-state index is 0.461. The van der Waals surface area contributed by atoms with Crippen molar-refractivity contribution >= 4 is 16.8 Å². The van der Waals surface area contributed by atoms with Gasteiger partial charge in [-0.2, -0.15) is 0 Å². The maximum Gasteiger partial charge on any atom is 0.253 e. The molecule has 0 saturated carbocycles. The first-order valence-electron chi connectivity index (χ1n) is 2.28. The van der Waals surface area contributed by atoms with E-state index in [1.165, 1.54) is 0 Å². The first-order valence-corrected chi connectivity index (χ1v) is 2.66. The van der Waals surface area contributed by atoms with Gasteiger partial charge in [0, 0.05) is 6.42 Å². The van der Waals surface area contributed by atoms with Crippen molar-refractivity contribution in [2.45, 2.75) is 12.5 Å². The molecule has 8 heavy (non-hydrogen) atoms. The van der Waals surface area contributed by atoms with E-state index in [0.717, 1.165) is 0 Å². The Labute approximate surface area is 51.4 Å². The Morgan fingerprint density at radius 3 is 2.75 bits per heavy atom. The van der Waals surface area contributed by atoms with E-state index in [9.17, 15) is 4.79 Å². The molecule has 1 aliphatic rings. The maximum absolute atomic E-state index is 10.2. The second kappa shape index (κ2) is 2.44. The van der Waals surface area contributed by atoms with E-state index >= 15 is 0 Å². The molecule has 0 bridgehead atoms. The molecule has 1 rings (SSSR count). The van der Waals surface area contributed by atoms with E-state index in [2.05, 4.69) is 9.78 Å². The summed E-state index contributed by atoms with van der Waals surface area (Å²) in [4.78, 5) is 19.1. The van der Waals surface area contributed by atoms with Crippen molar-refractivity contribution in [1.29, 1.82) is 0 Å². The van der Waals surface area contributed by atoms with E-state index in [1.54, 1.807) is 0 Å². The standard InChI is InChI=1S/C4H5ClO3/c5-4(6)3-1-2-7-8-3/h3H,1-2H2. The molecule has 0 aromatic carbocycles. The molecule has 0 aromatic heterocycles. The average Bonchev–Trinajstić information content (AvgIpc) is 2.12. The number of rotatable bonds is 1. The molecule has 1 saturated heterocycles. The minimum Gasteiger partial charge on any atom is -0.278 e. The SMILES string of the molecule is O=C(Cl)C1CCOO1. The minimum atomic E-state index is -0.531. The zero-order valence-electron chi connectivity index (χ0n) is 4.09. The lowest BCUT2D eigenvalue weighted by Gasteiger charge is -1.95. The second-order valence-corrected chi connectivity index (χ2v) is 1.87. The van der Waals surface area contributed by atoms with Crippen molar-refractivity contribution < 1.29 is 14.6 Å². The van der Waals surface area contributed by atoms with Crippen molar-refractivity contribution in [2.24, 2.45) is 0 Å². The summed E-state index contributed by atoms with van der Waals surface area (Å²) >= 11 is 5.04. The molecule has 0 amide bonds. The van der Waals surface area contributed by atoms with Crippen LogP contribution in [0.5, 0.6) is 0 Å². The third kappa shape index (κ3) is 1.18. The fraction of sp³-hybridized carbons (Fsp3) is 0.750. The number of hydrogen-bond donors (Lipinski definition) is 0. The van der Waals surface area contributed by atoms with Gasteiger partial charge in [0.2, 0.25) is 0 Å².